The van der Waals surface area contributed by atoms with Gasteiger partial charge in [0.05, 0.1) is 10.4 Å². The maximum Gasteiger partial charge on any atom is 0.160 e. The Morgan fingerprint density at radius 2 is 2.16 bits per heavy atom. The van der Waals surface area contributed by atoms with Gasteiger partial charge in [-0.1, -0.05) is 11.6 Å². The number of alkyl halides is 1. The van der Waals surface area contributed by atoms with Crippen molar-refractivity contribution in [2.75, 3.05) is 13.7 Å². The first-order valence-electron chi connectivity index (χ1n) is 6.21. The molecule has 0 spiro atoms. The van der Waals surface area contributed by atoms with Crippen LogP contribution in [0.15, 0.2) is 12.3 Å². The third-order valence-corrected chi connectivity index (χ3v) is 3.46. The topological polar surface area (TPSA) is 39.9 Å². The lowest BCUT2D eigenvalue weighted by atomic mass is 10.2. The summed E-state index contributed by atoms with van der Waals surface area (Å²) in [5, 5.41) is 0.397. The van der Waals surface area contributed by atoms with Gasteiger partial charge < -0.3 is 9.30 Å². The minimum Gasteiger partial charge on any atom is -0.385 e. The lowest BCUT2D eigenvalue weighted by molar-refractivity contribution is 0.181. The monoisotopic (exact) mass is 301 g/mol. The van der Waals surface area contributed by atoms with Crippen molar-refractivity contribution < 1.29 is 4.74 Å². The molecule has 4 nitrogen and oxygen atoms in total. The molecule has 19 heavy (non-hydrogen) atoms. The Labute approximate surface area is 122 Å². The molecule has 2 atom stereocenters. The molecule has 0 aliphatic rings. The van der Waals surface area contributed by atoms with Gasteiger partial charge in [-0.2, -0.15) is 0 Å². The van der Waals surface area contributed by atoms with E-state index in [0.29, 0.717) is 11.6 Å². The number of rotatable bonds is 5. The highest BCUT2D eigenvalue weighted by Gasteiger charge is 2.20. The van der Waals surface area contributed by atoms with Crippen molar-refractivity contribution in [1.29, 1.82) is 0 Å². The largest absolute Gasteiger partial charge is 0.385 e. The van der Waals surface area contributed by atoms with E-state index in [1.54, 1.807) is 13.3 Å². The summed E-state index contributed by atoms with van der Waals surface area (Å²) in [7, 11) is 1.70. The number of ether oxygens (including phenoxy) is 1. The minimum absolute atomic E-state index is 0.182. The van der Waals surface area contributed by atoms with E-state index >= 15 is 0 Å². The van der Waals surface area contributed by atoms with Gasteiger partial charge in [-0.25, -0.2) is 9.97 Å². The predicted molar refractivity (Wildman–Crippen MR) is 78.0 cm³/mol. The van der Waals surface area contributed by atoms with Crippen LogP contribution in [0, 0.1) is 0 Å². The van der Waals surface area contributed by atoms with Crippen molar-refractivity contribution in [3.8, 4) is 0 Å². The molecule has 0 bridgehead atoms. The Balaban J connectivity index is 2.51. The predicted octanol–water partition coefficient (Wildman–Crippen LogP) is 3.98. The second kappa shape index (κ2) is 6.07. The fraction of sp³-hybridized carbons (Fsp3) is 0.538. The van der Waals surface area contributed by atoms with Crippen molar-refractivity contribution >= 4 is 34.4 Å². The highest BCUT2D eigenvalue weighted by Crippen LogP contribution is 2.29. The molecule has 2 aromatic heterocycles. The number of fused-ring (bicyclic) bond motifs is 1. The van der Waals surface area contributed by atoms with Crippen LogP contribution in [0.25, 0.3) is 11.2 Å². The Morgan fingerprint density at radius 1 is 1.42 bits per heavy atom. The van der Waals surface area contributed by atoms with Gasteiger partial charge in [-0.15, -0.1) is 11.6 Å². The van der Waals surface area contributed by atoms with Gasteiger partial charge in [-0.05, 0) is 26.3 Å². The number of hydrogen-bond donors (Lipinski definition) is 0. The van der Waals surface area contributed by atoms with Crippen LogP contribution < -0.4 is 0 Å². The van der Waals surface area contributed by atoms with Gasteiger partial charge in [-0.3, -0.25) is 0 Å². The molecule has 0 aromatic carbocycles. The van der Waals surface area contributed by atoms with Crippen molar-refractivity contribution in [3.63, 3.8) is 0 Å². The molecule has 0 N–H and O–H groups in total. The average molecular weight is 302 g/mol. The van der Waals surface area contributed by atoms with Crippen LogP contribution in [0.4, 0.5) is 0 Å². The van der Waals surface area contributed by atoms with Crippen LogP contribution in [0.1, 0.15) is 37.5 Å². The first kappa shape index (κ1) is 14.6. The number of methoxy groups -OCH3 is 1. The van der Waals surface area contributed by atoms with E-state index in [1.165, 1.54) is 0 Å². The van der Waals surface area contributed by atoms with Crippen molar-refractivity contribution in [2.45, 2.75) is 31.7 Å². The van der Waals surface area contributed by atoms with Crippen molar-refractivity contribution in [3.05, 3.63) is 23.1 Å². The van der Waals surface area contributed by atoms with E-state index in [9.17, 15) is 0 Å². The standard InChI is InChI=1S/C13H17Cl2N3O/c1-8(4-5-19-3)18-12(9(2)14)17-11-6-10(15)7-16-13(11)18/h6-9H,4-5H2,1-3H3. The molecule has 0 aliphatic heterocycles. The van der Waals surface area contributed by atoms with Gasteiger partial charge >= 0.3 is 0 Å². The van der Waals surface area contributed by atoms with Crippen LogP contribution in [-0.2, 0) is 4.74 Å². The molecule has 0 saturated carbocycles. The molecule has 0 aliphatic carbocycles. The highest BCUT2D eigenvalue weighted by molar-refractivity contribution is 6.31. The molecule has 2 heterocycles. The lowest BCUT2D eigenvalue weighted by Gasteiger charge is -2.17. The number of hydrogen-bond acceptors (Lipinski definition) is 3. The van der Waals surface area contributed by atoms with E-state index in [4.69, 9.17) is 27.9 Å². The zero-order valence-corrected chi connectivity index (χ0v) is 12.7. The lowest BCUT2D eigenvalue weighted by Crippen LogP contribution is -2.12. The summed E-state index contributed by atoms with van der Waals surface area (Å²) in [4.78, 5) is 8.93. The van der Waals surface area contributed by atoms with Gasteiger partial charge in [0.2, 0.25) is 0 Å². The third-order valence-electron chi connectivity index (χ3n) is 3.06. The molecule has 0 fully saturated rings. The maximum absolute atomic E-state index is 6.22. The number of pyridine rings is 1. The summed E-state index contributed by atoms with van der Waals surface area (Å²) in [5.74, 6) is 0.815. The van der Waals surface area contributed by atoms with E-state index in [1.807, 2.05) is 13.0 Å². The molecule has 2 aromatic rings. The number of nitrogens with zero attached hydrogens (tertiary/aromatic N) is 3. The van der Waals surface area contributed by atoms with E-state index in [0.717, 1.165) is 23.4 Å². The van der Waals surface area contributed by atoms with Crippen molar-refractivity contribution in [2.24, 2.45) is 0 Å². The fourth-order valence-electron chi connectivity index (χ4n) is 2.11. The summed E-state index contributed by atoms with van der Waals surface area (Å²) in [6.45, 7) is 4.70. The second-order valence-corrected chi connectivity index (χ2v) is 5.67. The molecular weight excluding hydrogens is 285 g/mol. The zero-order valence-electron chi connectivity index (χ0n) is 11.2. The van der Waals surface area contributed by atoms with Gasteiger partial charge in [0, 0.05) is 26.0 Å². The number of aromatic nitrogens is 3. The molecule has 0 saturated heterocycles. The van der Waals surface area contributed by atoms with Crippen LogP contribution in [0.3, 0.4) is 0 Å². The van der Waals surface area contributed by atoms with Crippen molar-refractivity contribution in [1.82, 2.24) is 14.5 Å². The molecule has 6 heteroatoms. The van der Waals surface area contributed by atoms with Crippen LogP contribution in [0.5, 0.6) is 0 Å². The average Bonchev–Trinajstić information content (AvgIpc) is 2.74. The summed E-state index contributed by atoms with van der Waals surface area (Å²) in [6, 6.07) is 2.03. The summed E-state index contributed by atoms with van der Waals surface area (Å²) < 4.78 is 7.21. The minimum atomic E-state index is -0.182. The Hall–Kier alpha value is -0.840. The number of imidazole rings is 1. The number of halogens is 2. The first-order valence-corrected chi connectivity index (χ1v) is 7.02. The maximum atomic E-state index is 6.22. The Morgan fingerprint density at radius 3 is 2.79 bits per heavy atom. The molecule has 2 unspecified atom stereocenters. The van der Waals surface area contributed by atoms with Crippen LogP contribution in [-0.4, -0.2) is 28.3 Å². The SMILES string of the molecule is COCCC(C)n1c(C(C)Cl)nc2cc(Cl)cnc21. The molecule has 0 amide bonds. The third kappa shape index (κ3) is 3.02. The van der Waals surface area contributed by atoms with Crippen LogP contribution >= 0.6 is 23.2 Å². The van der Waals surface area contributed by atoms with E-state index in [2.05, 4.69) is 21.5 Å². The molecule has 2 rings (SSSR count). The van der Waals surface area contributed by atoms with Gasteiger partial charge in [0.15, 0.2) is 5.65 Å². The molecular formula is C13H17Cl2N3O. The quantitative estimate of drug-likeness (QED) is 0.784. The molecule has 104 valence electrons. The van der Waals surface area contributed by atoms with Gasteiger partial charge in [0.25, 0.3) is 0 Å². The first-order chi connectivity index (χ1) is 9.04. The van der Waals surface area contributed by atoms with Crippen LogP contribution in [0.2, 0.25) is 5.02 Å². The summed E-state index contributed by atoms with van der Waals surface area (Å²) in [5.41, 5.74) is 1.59. The smallest absolute Gasteiger partial charge is 0.160 e. The summed E-state index contributed by atoms with van der Waals surface area (Å²) in [6.07, 6.45) is 2.51. The Bertz CT molecular complexity index is 568. The zero-order chi connectivity index (χ0) is 14.0. The van der Waals surface area contributed by atoms with E-state index < -0.39 is 0 Å². The fourth-order valence-corrected chi connectivity index (χ4v) is 2.41. The Kier molecular flexibility index (Phi) is 4.66. The van der Waals surface area contributed by atoms with Gasteiger partial charge in [0.1, 0.15) is 11.3 Å². The highest BCUT2D eigenvalue weighted by atomic mass is 35.5. The van der Waals surface area contributed by atoms with E-state index in [-0.39, 0.29) is 11.4 Å². The second-order valence-electron chi connectivity index (χ2n) is 4.58. The summed E-state index contributed by atoms with van der Waals surface area (Å²) >= 11 is 12.2. The molecule has 0 radical (unpaired) electrons. The normalized spacial score (nSPS) is 14.8.